The molecular weight excluding hydrogens is 1200 g/mol. The molecule has 2 heterocycles. The standard InChI is InChI=1S/C65H72ClF4N5O7S3Si/c1-64(2,3)86(56-17-9-5-10-18-56,57-19-11-6-12-20-57)82-53(44-67)45-74-41-39-73(40-42-74)36-35-51(46-83-54-15-7-4-8-16-54)71-60-32-31-55(43-61(60)84(78,79)65(68,69)70)85(80,81)72-63(77)49-25-29-52(30-26-49)75-37-33-48(34-38-75)62(76)59-22-14-13-21-58(59)47-23-27-50(66)28-24-47/h4-32,43,48,51,53,62,71,76H,33-42,44-46H2,1-3H3,(H,72,77)/t51-,53?,62?/m1/s1. The number of rotatable bonds is 23. The number of alkyl halides is 4. The van der Waals surface area contributed by atoms with Crippen LogP contribution in [0.25, 0.3) is 11.1 Å². The number of sulfonamides is 1. The van der Waals surface area contributed by atoms with Crippen molar-refractivity contribution in [3.05, 3.63) is 198 Å². The molecule has 2 fully saturated rings. The van der Waals surface area contributed by atoms with Crippen LogP contribution < -0.4 is 25.3 Å². The van der Waals surface area contributed by atoms with Crippen LogP contribution in [0.15, 0.2) is 197 Å². The Morgan fingerprint density at radius 2 is 1.30 bits per heavy atom. The van der Waals surface area contributed by atoms with Gasteiger partial charge in [0, 0.05) is 85.3 Å². The number of thioether (sulfide) groups is 1. The number of aliphatic hydroxyl groups is 1. The smallest absolute Gasteiger partial charge is 0.400 e. The Morgan fingerprint density at radius 3 is 1.88 bits per heavy atom. The van der Waals surface area contributed by atoms with Crippen molar-refractivity contribution in [2.45, 2.75) is 83.5 Å². The second-order valence-electron chi connectivity index (χ2n) is 22.9. The maximum Gasteiger partial charge on any atom is 0.501 e. The first kappa shape index (κ1) is 64.4. The average Bonchev–Trinajstić information content (AvgIpc) is 0.926. The van der Waals surface area contributed by atoms with Crippen LogP contribution in [-0.4, -0.2) is 128 Å². The minimum atomic E-state index is -6.16. The highest BCUT2D eigenvalue weighted by Gasteiger charge is 2.52. The third kappa shape index (κ3) is 15.2. The van der Waals surface area contributed by atoms with E-state index in [1.165, 1.54) is 23.9 Å². The Bertz CT molecular complexity index is 3560. The third-order valence-corrected chi connectivity index (χ3v) is 25.6. The Hall–Kier alpha value is -6.07. The van der Waals surface area contributed by atoms with Crippen LogP contribution in [0.4, 0.5) is 28.9 Å². The molecule has 3 atom stereocenters. The van der Waals surface area contributed by atoms with Gasteiger partial charge in [0.2, 0.25) is 0 Å². The van der Waals surface area contributed by atoms with Crippen molar-refractivity contribution >= 4 is 79.2 Å². The molecule has 0 aromatic heterocycles. The average molecular weight is 1270 g/mol. The topological polar surface area (TPSA) is 149 Å². The van der Waals surface area contributed by atoms with Gasteiger partial charge in [0.05, 0.1) is 22.8 Å². The lowest BCUT2D eigenvalue weighted by molar-refractivity contribution is -0.0436. The summed E-state index contributed by atoms with van der Waals surface area (Å²) in [6, 6.07) is 52.6. The number of amides is 1. The van der Waals surface area contributed by atoms with Crippen LogP contribution in [-0.2, 0) is 24.3 Å². The van der Waals surface area contributed by atoms with Gasteiger partial charge in [-0.2, -0.15) is 13.2 Å². The lowest BCUT2D eigenvalue weighted by Gasteiger charge is -2.46. The fourth-order valence-electron chi connectivity index (χ4n) is 11.6. The molecule has 86 heavy (non-hydrogen) atoms. The summed E-state index contributed by atoms with van der Waals surface area (Å²) in [5.41, 5.74) is -2.89. The predicted molar refractivity (Wildman–Crippen MR) is 338 cm³/mol. The zero-order valence-electron chi connectivity index (χ0n) is 48.2. The lowest BCUT2D eigenvalue weighted by atomic mass is 9.84. The number of piperazine rings is 1. The molecule has 456 valence electrons. The van der Waals surface area contributed by atoms with Gasteiger partial charge in [0.15, 0.2) is 0 Å². The van der Waals surface area contributed by atoms with Crippen LogP contribution in [0, 0.1) is 5.92 Å². The maximum absolute atomic E-state index is 15.2. The van der Waals surface area contributed by atoms with Gasteiger partial charge in [-0.15, -0.1) is 11.8 Å². The number of nitrogens with zero attached hydrogens (tertiary/aromatic N) is 3. The van der Waals surface area contributed by atoms with E-state index in [-0.39, 0.29) is 16.5 Å². The van der Waals surface area contributed by atoms with Crippen LogP contribution >= 0.6 is 23.4 Å². The Kier molecular flexibility index (Phi) is 20.9. The number of aliphatic hydroxyl groups excluding tert-OH is 1. The van der Waals surface area contributed by atoms with E-state index >= 15 is 4.39 Å². The predicted octanol–water partition coefficient (Wildman–Crippen LogP) is 11.9. The molecule has 2 unspecified atom stereocenters. The lowest BCUT2D eigenvalue weighted by Crippen LogP contribution is -2.68. The van der Waals surface area contributed by atoms with Gasteiger partial charge in [0.25, 0.3) is 34.1 Å². The SMILES string of the molecule is CC(C)(C)[Si](OC(CF)CN1CCN(CC[C@H](CSc2ccccc2)Nc2ccc(S(=O)(=O)NC(=O)c3ccc(N4CCC(C(O)c5ccccc5-c5ccc(Cl)cc5)CC4)cc3)cc2S(=O)(=O)C(F)(F)F)CC1)(c1ccccc1)c1ccccc1. The second-order valence-corrected chi connectivity index (χ2v) is 32.3. The van der Waals surface area contributed by atoms with Crippen molar-refractivity contribution in [3.8, 4) is 11.1 Å². The number of hydrogen-bond donors (Lipinski definition) is 3. The number of benzene rings is 7. The number of anilines is 2. The number of piperidine rings is 1. The molecule has 0 spiro atoms. The van der Waals surface area contributed by atoms with Gasteiger partial charge in [-0.05, 0) is 124 Å². The highest BCUT2D eigenvalue weighted by molar-refractivity contribution is 7.99. The molecule has 9 rings (SSSR count). The molecule has 0 bridgehead atoms. The quantitative estimate of drug-likeness (QED) is 0.0318. The van der Waals surface area contributed by atoms with Crippen molar-refractivity contribution in [3.63, 3.8) is 0 Å². The molecule has 2 aliphatic rings. The van der Waals surface area contributed by atoms with Crippen molar-refractivity contribution in [1.82, 2.24) is 14.5 Å². The zero-order valence-corrected chi connectivity index (χ0v) is 52.4. The monoisotopic (exact) mass is 1270 g/mol. The van der Waals surface area contributed by atoms with Gasteiger partial charge in [0.1, 0.15) is 11.6 Å². The Morgan fingerprint density at radius 1 is 0.733 bits per heavy atom. The van der Waals surface area contributed by atoms with E-state index < -0.39 is 80.0 Å². The fraction of sp³-hybridized carbons (Fsp3) is 0.338. The molecule has 0 aliphatic carbocycles. The van der Waals surface area contributed by atoms with Crippen LogP contribution in [0.1, 0.15) is 62.1 Å². The van der Waals surface area contributed by atoms with Gasteiger partial charge in [-0.1, -0.05) is 148 Å². The first-order chi connectivity index (χ1) is 41.1. The third-order valence-electron chi connectivity index (χ3n) is 16.2. The van der Waals surface area contributed by atoms with Gasteiger partial charge in [-0.3, -0.25) is 9.69 Å². The molecule has 1 amide bonds. The van der Waals surface area contributed by atoms with Crippen LogP contribution in [0.5, 0.6) is 0 Å². The van der Waals surface area contributed by atoms with E-state index in [0.29, 0.717) is 88.5 Å². The molecule has 7 aromatic carbocycles. The van der Waals surface area contributed by atoms with E-state index in [2.05, 4.69) is 65.1 Å². The fourth-order valence-corrected chi connectivity index (χ4v) is 19.4. The molecule has 0 radical (unpaired) electrons. The van der Waals surface area contributed by atoms with Crippen LogP contribution in [0.3, 0.4) is 0 Å². The van der Waals surface area contributed by atoms with Crippen molar-refractivity contribution < 1.29 is 48.7 Å². The number of carbonyl (C=O) groups is 1. The Balaban J connectivity index is 0.848. The molecule has 0 saturated carbocycles. The molecule has 2 saturated heterocycles. The molecular formula is C65H72ClF4N5O7S3Si. The van der Waals surface area contributed by atoms with Crippen molar-refractivity contribution in [2.75, 3.05) is 75.0 Å². The summed E-state index contributed by atoms with van der Waals surface area (Å²) in [6.45, 7) is 10.2. The van der Waals surface area contributed by atoms with Gasteiger partial charge in [-0.25, -0.2) is 25.9 Å². The largest absolute Gasteiger partial charge is 0.501 e. The summed E-state index contributed by atoms with van der Waals surface area (Å²) >= 11 is 7.55. The van der Waals surface area contributed by atoms with Gasteiger partial charge < -0.3 is 24.6 Å². The first-order valence-electron chi connectivity index (χ1n) is 28.7. The second kappa shape index (κ2) is 28.0. The molecule has 7 aromatic rings. The first-order valence-corrected chi connectivity index (χ1v) is 34.9. The van der Waals surface area contributed by atoms with Crippen LogP contribution in [0.2, 0.25) is 10.1 Å². The number of nitrogens with one attached hydrogen (secondary N) is 2. The maximum atomic E-state index is 15.2. The molecule has 21 heteroatoms. The van der Waals surface area contributed by atoms with Gasteiger partial charge >= 0.3 is 5.51 Å². The molecule has 3 N–H and O–H groups in total. The summed E-state index contributed by atoms with van der Waals surface area (Å²) in [6.07, 6.45) is 0.245. The summed E-state index contributed by atoms with van der Waals surface area (Å²) in [4.78, 5) is 18.7. The van der Waals surface area contributed by atoms with E-state index in [0.717, 1.165) is 49.8 Å². The summed E-state index contributed by atoms with van der Waals surface area (Å²) in [5.74, 6) is -0.819. The van der Waals surface area contributed by atoms with Crippen molar-refractivity contribution in [2.24, 2.45) is 5.92 Å². The number of sulfone groups is 1. The molecule has 2 aliphatic heterocycles. The number of hydrogen-bond acceptors (Lipinski definition) is 12. The van der Waals surface area contributed by atoms with E-state index in [1.807, 2.05) is 120 Å². The normalized spacial score (nSPS) is 16.3. The Labute approximate surface area is 513 Å². The zero-order chi connectivity index (χ0) is 61.3. The van der Waals surface area contributed by atoms with E-state index in [4.69, 9.17) is 16.0 Å². The van der Waals surface area contributed by atoms with E-state index in [9.17, 15) is 39.9 Å². The number of carbonyl (C=O) groups excluding carboxylic acids is 1. The summed E-state index contributed by atoms with van der Waals surface area (Å²) < 4.78 is 122. The van der Waals surface area contributed by atoms with E-state index in [1.54, 1.807) is 12.1 Å². The van der Waals surface area contributed by atoms with Crippen molar-refractivity contribution in [1.29, 1.82) is 0 Å². The highest BCUT2D eigenvalue weighted by atomic mass is 35.5. The minimum absolute atomic E-state index is 0.0366. The summed E-state index contributed by atoms with van der Waals surface area (Å²) in [7, 11) is -14.1. The molecule has 12 nitrogen and oxygen atoms in total. The number of halogens is 5. The highest BCUT2D eigenvalue weighted by Crippen LogP contribution is 2.41. The minimum Gasteiger partial charge on any atom is -0.400 e. The summed E-state index contributed by atoms with van der Waals surface area (Å²) in [5, 5.41) is 17.0.